The summed E-state index contributed by atoms with van der Waals surface area (Å²) in [5.74, 6) is 1.04. The number of anilines is 1. The minimum Gasteiger partial charge on any atom is -0.497 e. The number of hydrogen-bond acceptors (Lipinski definition) is 5. The quantitative estimate of drug-likeness (QED) is 0.548. The number of ether oxygens (including phenoxy) is 2. The maximum absolute atomic E-state index is 14.0. The molecule has 0 saturated heterocycles. The van der Waals surface area contributed by atoms with E-state index in [0.717, 1.165) is 35.6 Å². The SMILES string of the molecule is COc1cc(OC)cc(-c2nn(-c3cc(NC4CC4)ccc3C(F)(F)F)c(=O)c3c2CCC3)c1. The first kappa shape index (κ1) is 22.3. The van der Waals surface area contributed by atoms with Gasteiger partial charge in [0, 0.05) is 28.9 Å². The zero-order valence-corrected chi connectivity index (χ0v) is 18.8. The molecule has 2 aliphatic carbocycles. The molecule has 6 nitrogen and oxygen atoms in total. The highest BCUT2D eigenvalue weighted by molar-refractivity contribution is 5.69. The van der Waals surface area contributed by atoms with Crippen LogP contribution in [0.1, 0.15) is 36.0 Å². The molecule has 0 unspecified atom stereocenters. The van der Waals surface area contributed by atoms with Gasteiger partial charge >= 0.3 is 6.18 Å². The minimum absolute atomic E-state index is 0.245. The number of aromatic nitrogens is 2. The van der Waals surface area contributed by atoms with Gasteiger partial charge in [-0.2, -0.15) is 23.0 Å². The second-order valence-corrected chi connectivity index (χ2v) is 8.63. The van der Waals surface area contributed by atoms with E-state index in [9.17, 15) is 18.0 Å². The van der Waals surface area contributed by atoms with Gasteiger partial charge in [-0.1, -0.05) is 0 Å². The molecule has 1 heterocycles. The normalized spacial score (nSPS) is 15.2. The molecule has 0 atom stereocenters. The van der Waals surface area contributed by atoms with Gasteiger partial charge in [-0.05, 0) is 68.0 Å². The number of nitrogens with one attached hydrogen (secondary N) is 1. The molecule has 0 radical (unpaired) electrons. The summed E-state index contributed by atoms with van der Waals surface area (Å²) in [6.45, 7) is 0. The molecule has 178 valence electrons. The number of benzene rings is 2. The molecule has 2 aromatic carbocycles. The molecule has 5 rings (SSSR count). The Morgan fingerprint density at radius 1 is 1.00 bits per heavy atom. The summed E-state index contributed by atoms with van der Waals surface area (Å²) in [5.41, 5.74) is 1.16. The number of hydrogen-bond donors (Lipinski definition) is 1. The standard InChI is InChI=1S/C25H24F3N3O3/c1-33-17-10-14(11-18(13-17)34-2)23-19-4-3-5-20(19)24(32)31(30-23)22-12-16(29-15-6-7-15)8-9-21(22)25(26,27)28/h8-13,15,29H,3-7H2,1-2H3. The lowest BCUT2D eigenvalue weighted by Gasteiger charge is -2.18. The summed E-state index contributed by atoms with van der Waals surface area (Å²) in [6.07, 6.45) is -0.855. The fourth-order valence-electron chi connectivity index (χ4n) is 4.41. The second-order valence-electron chi connectivity index (χ2n) is 8.63. The molecule has 0 amide bonds. The lowest BCUT2D eigenvalue weighted by molar-refractivity contribution is -0.137. The first-order valence-electron chi connectivity index (χ1n) is 11.1. The Kier molecular flexibility index (Phi) is 5.50. The molecule has 3 aromatic rings. The van der Waals surface area contributed by atoms with Crippen molar-refractivity contribution in [3.8, 4) is 28.4 Å². The number of rotatable bonds is 6. The highest BCUT2D eigenvalue weighted by Gasteiger charge is 2.36. The highest BCUT2D eigenvalue weighted by Crippen LogP contribution is 2.38. The average Bonchev–Trinajstić information content (AvgIpc) is 3.49. The van der Waals surface area contributed by atoms with E-state index in [2.05, 4.69) is 10.4 Å². The number of methoxy groups -OCH3 is 2. The Hall–Kier alpha value is -3.49. The van der Waals surface area contributed by atoms with E-state index in [0.29, 0.717) is 46.8 Å². The Morgan fingerprint density at radius 3 is 2.29 bits per heavy atom. The van der Waals surface area contributed by atoms with Crippen LogP contribution in [0.25, 0.3) is 16.9 Å². The Morgan fingerprint density at radius 2 is 1.68 bits per heavy atom. The van der Waals surface area contributed by atoms with Gasteiger partial charge in [0.05, 0.1) is 31.2 Å². The van der Waals surface area contributed by atoms with Gasteiger partial charge in [0.25, 0.3) is 5.56 Å². The molecule has 1 saturated carbocycles. The molecular formula is C25H24F3N3O3. The molecular weight excluding hydrogens is 447 g/mol. The first-order valence-corrected chi connectivity index (χ1v) is 11.1. The van der Waals surface area contributed by atoms with Crippen molar-refractivity contribution in [2.45, 2.75) is 44.3 Å². The van der Waals surface area contributed by atoms with Crippen molar-refractivity contribution in [3.05, 3.63) is 63.4 Å². The third-order valence-electron chi connectivity index (χ3n) is 6.26. The van der Waals surface area contributed by atoms with Gasteiger partial charge in [-0.25, -0.2) is 0 Å². The van der Waals surface area contributed by atoms with Crippen molar-refractivity contribution in [2.75, 3.05) is 19.5 Å². The van der Waals surface area contributed by atoms with Crippen LogP contribution in [0, 0.1) is 0 Å². The van der Waals surface area contributed by atoms with Gasteiger partial charge in [0.2, 0.25) is 0 Å². The molecule has 0 bridgehead atoms. The van der Waals surface area contributed by atoms with Crippen molar-refractivity contribution in [2.24, 2.45) is 0 Å². The number of nitrogens with zero attached hydrogens (tertiary/aromatic N) is 2. The molecule has 1 N–H and O–H groups in total. The maximum Gasteiger partial charge on any atom is 0.418 e. The number of halogens is 3. The lowest BCUT2D eigenvalue weighted by Crippen LogP contribution is -2.28. The maximum atomic E-state index is 14.0. The van der Waals surface area contributed by atoms with Crippen molar-refractivity contribution in [1.29, 1.82) is 0 Å². The van der Waals surface area contributed by atoms with Gasteiger partial charge < -0.3 is 14.8 Å². The molecule has 2 aliphatic rings. The van der Waals surface area contributed by atoms with E-state index >= 15 is 0 Å². The highest BCUT2D eigenvalue weighted by atomic mass is 19.4. The number of alkyl halides is 3. The van der Waals surface area contributed by atoms with Gasteiger partial charge in [0.1, 0.15) is 11.5 Å². The van der Waals surface area contributed by atoms with Gasteiger partial charge in [-0.15, -0.1) is 0 Å². The fourth-order valence-corrected chi connectivity index (χ4v) is 4.41. The minimum atomic E-state index is -4.65. The van der Waals surface area contributed by atoms with E-state index in [1.165, 1.54) is 26.4 Å². The third kappa shape index (κ3) is 4.10. The fraction of sp³-hybridized carbons (Fsp3) is 0.360. The molecule has 1 aromatic heterocycles. The number of fused-ring (bicyclic) bond motifs is 1. The Balaban J connectivity index is 1.75. The van der Waals surface area contributed by atoms with Crippen molar-refractivity contribution in [3.63, 3.8) is 0 Å². The topological polar surface area (TPSA) is 65.4 Å². The van der Waals surface area contributed by atoms with E-state index in [4.69, 9.17) is 9.47 Å². The molecule has 1 fully saturated rings. The van der Waals surface area contributed by atoms with E-state index < -0.39 is 17.3 Å². The zero-order chi connectivity index (χ0) is 24.0. The second kappa shape index (κ2) is 8.38. The summed E-state index contributed by atoms with van der Waals surface area (Å²) < 4.78 is 53.6. The van der Waals surface area contributed by atoms with Crippen LogP contribution in [-0.4, -0.2) is 30.0 Å². The van der Waals surface area contributed by atoms with E-state index in [-0.39, 0.29) is 11.7 Å². The van der Waals surface area contributed by atoms with Crippen molar-refractivity contribution in [1.82, 2.24) is 9.78 Å². The first-order chi connectivity index (χ1) is 16.3. The lowest BCUT2D eigenvalue weighted by atomic mass is 10.0. The molecule has 0 spiro atoms. The van der Waals surface area contributed by atoms with Crippen LogP contribution in [0.2, 0.25) is 0 Å². The summed E-state index contributed by atoms with van der Waals surface area (Å²) in [6, 6.07) is 9.21. The summed E-state index contributed by atoms with van der Waals surface area (Å²) >= 11 is 0. The van der Waals surface area contributed by atoms with Gasteiger partial charge in [-0.3, -0.25) is 4.79 Å². The third-order valence-corrected chi connectivity index (χ3v) is 6.26. The summed E-state index contributed by atoms with van der Waals surface area (Å²) in [5, 5.41) is 7.72. The predicted molar refractivity (Wildman–Crippen MR) is 122 cm³/mol. The van der Waals surface area contributed by atoms with Crippen molar-refractivity contribution < 1.29 is 22.6 Å². The predicted octanol–water partition coefficient (Wildman–Crippen LogP) is 5.00. The van der Waals surface area contributed by atoms with E-state index in [1.807, 2.05) is 0 Å². The van der Waals surface area contributed by atoms with E-state index in [1.54, 1.807) is 18.2 Å². The van der Waals surface area contributed by atoms with Crippen LogP contribution in [0.15, 0.2) is 41.2 Å². The average molecular weight is 471 g/mol. The molecule has 9 heteroatoms. The Bertz CT molecular complexity index is 1290. The van der Waals surface area contributed by atoms with Crippen LogP contribution in [0.3, 0.4) is 0 Å². The van der Waals surface area contributed by atoms with Crippen molar-refractivity contribution >= 4 is 5.69 Å². The monoisotopic (exact) mass is 471 g/mol. The van der Waals surface area contributed by atoms with Crippen LogP contribution in [0.4, 0.5) is 18.9 Å². The van der Waals surface area contributed by atoms with Crippen LogP contribution in [0.5, 0.6) is 11.5 Å². The molecule has 34 heavy (non-hydrogen) atoms. The summed E-state index contributed by atoms with van der Waals surface area (Å²) in [4.78, 5) is 13.4. The Labute approximate surface area is 194 Å². The zero-order valence-electron chi connectivity index (χ0n) is 18.8. The summed E-state index contributed by atoms with van der Waals surface area (Å²) in [7, 11) is 3.04. The van der Waals surface area contributed by atoms with Gasteiger partial charge in [0.15, 0.2) is 0 Å². The van der Waals surface area contributed by atoms with Crippen LogP contribution >= 0.6 is 0 Å². The van der Waals surface area contributed by atoms with Crippen LogP contribution < -0.4 is 20.3 Å². The van der Waals surface area contributed by atoms with Crippen LogP contribution in [-0.2, 0) is 19.0 Å². The smallest absolute Gasteiger partial charge is 0.418 e. The molecule has 0 aliphatic heterocycles. The largest absolute Gasteiger partial charge is 0.497 e.